The summed E-state index contributed by atoms with van der Waals surface area (Å²) in [5.41, 5.74) is -0.369. The first-order valence-electron chi connectivity index (χ1n) is 8.24. The maximum atomic E-state index is 10.2. The minimum absolute atomic E-state index is 0.0644. The first kappa shape index (κ1) is 18.4. The van der Waals surface area contributed by atoms with Crippen molar-refractivity contribution in [2.24, 2.45) is 0 Å². The topological polar surface area (TPSA) is 73.8 Å². The second-order valence-corrected chi connectivity index (χ2v) is 7.54. The first-order chi connectivity index (χ1) is 10.8. The molecule has 23 heavy (non-hydrogen) atoms. The Morgan fingerprint density at radius 2 is 1.96 bits per heavy atom. The lowest BCUT2D eigenvalue weighted by molar-refractivity contribution is -0.191. The number of anilines is 1. The van der Waals surface area contributed by atoms with Gasteiger partial charge in [0.1, 0.15) is 0 Å². The fraction of sp³-hybridized carbons (Fsp3) is 0.867. The first-order valence-corrected chi connectivity index (χ1v) is 8.97. The molecule has 0 bridgehead atoms. The molecule has 2 heterocycles. The van der Waals surface area contributed by atoms with E-state index in [1.807, 2.05) is 34.6 Å². The second kappa shape index (κ2) is 7.74. The van der Waals surface area contributed by atoms with Crippen LogP contribution in [0.25, 0.3) is 0 Å². The monoisotopic (exact) mass is 343 g/mol. The van der Waals surface area contributed by atoms with Gasteiger partial charge in [-0.15, -0.1) is 4.37 Å². The molecule has 1 unspecified atom stereocenters. The van der Waals surface area contributed by atoms with Crippen LogP contribution in [0.2, 0.25) is 0 Å². The summed E-state index contributed by atoms with van der Waals surface area (Å²) < 4.78 is 14.7. The van der Waals surface area contributed by atoms with E-state index in [4.69, 9.17) is 4.74 Å². The summed E-state index contributed by atoms with van der Waals surface area (Å²) in [4.78, 5) is 2.21. The van der Waals surface area contributed by atoms with Crippen LogP contribution in [0.4, 0.5) is 5.82 Å². The molecule has 0 aromatic carbocycles. The zero-order chi connectivity index (χ0) is 17.0. The van der Waals surface area contributed by atoms with Crippen LogP contribution in [-0.2, 0) is 0 Å². The summed E-state index contributed by atoms with van der Waals surface area (Å²) in [7, 11) is 0. The molecular weight excluding hydrogens is 314 g/mol. The van der Waals surface area contributed by atoms with E-state index in [1.165, 1.54) is 16.8 Å². The molecule has 0 radical (unpaired) electrons. The van der Waals surface area contributed by atoms with Crippen molar-refractivity contribution in [3.05, 3.63) is 0 Å². The summed E-state index contributed by atoms with van der Waals surface area (Å²) in [6, 6.07) is 0.0644. The molecule has 8 heteroatoms. The average molecular weight is 343 g/mol. The van der Waals surface area contributed by atoms with Gasteiger partial charge in [0.05, 0.1) is 17.8 Å². The summed E-state index contributed by atoms with van der Waals surface area (Å²) >= 11 is 1.18. The number of ether oxygens (including phenoxy) is 1. The molecule has 0 saturated carbocycles. The van der Waals surface area contributed by atoms with Gasteiger partial charge in [-0.3, -0.25) is 0 Å². The Labute approximate surface area is 142 Å². The summed E-state index contributed by atoms with van der Waals surface area (Å²) in [5.74, 6) is 1.44. The van der Waals surface area contributed by atoms with Crippen LogP contribution < -0.4 is 15.0 Å². The lowest BCUT2D eigenvalue weighted by Gasteiger charge is -2.37. The van der Waals surface area contributed by atoms with Crippen LogP contribution in [0.3, 0.4) is 0 Å². The van der Waals surface area contributed by atoms with E-state index in [2.05, 4.69) is 19.0 Å². The van der Waals surface area contributed by atoms with Crippen molar-refractivity contribution in [1.29, 1.82) is 0 Å². The predicted octanol–water partition coefficient (Wildman–Crippen LogP) is 1.98. The van der Waals surface area contributed by atoms with Crippen molar-refractivity contribution in [2.75, 3.05) is 31.1 Å². The largest absolute Gasteiger partial charge is 0.471 e. The highest BCUT2D eigenvalue weighted by atomic mass is 32.1. The predicted molar refractivity (Wildman–Crippen MR) is 92.5 cm³/mol. The average Bonchev–Trinajstić information content (AvgIpc) is 2.94. The van der Waals surface area contributed by atoms with Gasteiger partial charge in [-0.05, 0) is 34.6 Å². The standard InChI is InChI=1S/C15H29N5O2S/c1-11(2)20(21)15(4,5)10-12(3)22-14-13(17-23-18-14)19-8-6-16-7-9-19/h11-12,16,21H,6-10H2,1-5H3. The van der Waals surface area contributed by atoms with Crippen molar-refractivity contribution < 1.29 is 9.94 Å². The summed E-state index contributed by atoms with van der Waals surface area (Å²) in [6.45, 7) is 13.7. The quantitative estimate of drug-likeness (QED) is 0.733. The second-order valence-electron chi connectivity index (χ2n) is 7.01. The lowest BCUT2D eigenvalue weighted by atomic mass is 9.95. The number of hydrogen-bond acceptors (Lipinski definition) is 8. The molecule has 0 aliphatic carbocycles. The fourth-order valence-electron chi connectivity index (χ4n) is 3.05. The van der Waals surface area contributed by atoms with E-state index in [9.17, 15) is 5.21 Å². The zero-order valence-corrected chi connectivity index (χ0v) is 15.6. The van der Waals surface area contributed by atoms with Crippen LogP contribution in [0.5, 0.6) is 5.88 Å². The molecule has 1 atom stereocenters. The SMILES string of the molecule is CC(CC(C)(C)N(O)C(C)C)Oc1nsnc1N1CCNCC1. The van der Waals surface area contributed by atoms with Crippen molar-refractivity contribution in [3.8, 4) is 5.88 Å². The molecule has 132 valence electrons. The fourth-order valence-corrected chi connectivity index (χ4v) is 3.56. The van der Waals surface area contributed by atoms with E-state index < -0.39 is 0 Å². The molecular formula is C15H29N5O2S. The van der Waals surface area contributed by atoms with Crippen LogP contribution in [0, 0.1) is 0 Å². The van der Waals surface area contributed by atoms with Gasteiger partial charge in [0.25, 0.3) is 5.88 Å². The smallest absolute Gasteiger partial charge is 0.271 e. The van der Waals surface area contributed by atoms with Gasteiger partial charge < -0.3 is 20.2 Å². The van der Waals surface area contributed by atoms with Gasteiger partial charge >= 0.3 is 0 Å². The van der Waals surface area contributed by atoms with E-state index >= 15 is 0 Å². The number of nitrogens with one attached hydrogen (secondary N) is 1. The third kappa shape index (κ3) is 4.76. The maximum absolute atomic E-state index is 10.2. The molecule has 7 nitrogen and oxygen atoms in total. The minimum Gasteiger partial charge on any atom is -0.471 e. The highest BCUT2D eigenvalue weighted by Gasteiger charge is 2.31. The summed E-state index contributed by atoms with van der Waals surface area (Å²) in [5, 5.41) is 14.9. The third-order valence-electron chi connectivity index (χ3n) is 4.07. The van der Waals surface area contributed by atoms with Gasteiger partial charge in [-0.1, -0.05) is 0 Å². The Hall–Kier alpha value is -0.960. The zero-order valence-electron chi connectivity index (χ0n) is 14.7. The number of aromatic nitrogens is 2. The minimum atomic E-state index is -0.369. The van der Waals surface area contributed by atoms with Crippen molar-refractivity contribution in [2.45, 2.75) is 58.7 Å². The van der Waals surface area contributed by atoms with Gasteiger partial charge in [0.2, 0.25) is 5.82 Å². The third-order valence-corrected chi connectivity index (χ3v) is 4.57. The van der Waals surface area contributed by atoms with Crippen molar-refractivity contribution in [1.82, 2.24) is 19.1 Å². The van der Waals surface area contributed by atoms with Gasteiger partial charge in [-0.25, -0.2) is 0 Å². The summed E-state index contributed by atoms with van der Waals surface area (Å²) in [6.07, 6.45) is 0.629. The molecule has 1 saturated heterocycles. The molecule has 2 N–H and O–H groups in total. The highest BCUT2D eigenvalue weighted by molar-refractivity contribution is 6.99. The normalized spacial score (nSPS) is 17.8. The van der Waals surface area contributed by atoms with E-state index in [-0.39, 0.29) is 17.7 Å². The van der Waals surface area contributed by atoms with Crippen LogP contribution in [-0.4, -0.2) is 62.9 Å². The Balaban J connectivity index is 1.98. The number of piperazine rings is 1. The molecule has 2 rings (SSSR count). The lowest BCUT2D eigenvalue weighted by Crippen LogP contribution is -2.48. The molecule has 1 aromatic heterocycles. The molecule has 1 aliphatic rings. The Morgan fingerprint density at radius 1 is 1.30 bits per heavy atom. The Morgan fingerprint density at radius 3 is 2.57 bits per heavy atom. The number of rotatable bonds is 7. The van der Waals surface area contributed by atoms with E-state index in [1.54, 1.807) is 0 Å². The molecule has 0 spiro atoms. The number of nitrogens with zero attached hydrogens (tertiary/aromatic N) is 4. The van der Waals surface area contributed by atoms with Gasteiger partial charge in [-0.2, -0.15) is 9.44 Å². The van der Waals surface area contributed by atoms with Crippen LogP contribution in [0.15, 0.2) is 0 Å². The van der Waals surface area contributed by atoms with Gasteiger partial charge in [0.15, 0.2) is 0 Å². The number of hydroxylamine groups is 2. The van der Waals surface area contributed by atoms with E-state index in [0.717, 1.165) is 32.0 Å². The van der Waals surface area contributed by atoms with Crippen LogP contribution in [0.1, 0.15) is 41.0 Å². The molecule has 0 amide bonds. The van der Waals surface area contributed by atoms with Gasteiger partial charge in [0, 0.05) is 44.2 Å². The molecule has 1 fully saturated rings. The van der Waals surface area contributed by atoms with E-state index in [0.29, 0.717) is 12.3 Å². The maximum Gasteiger partial charge on any atom is 0.271 e. The Kier molecular flexibility index (Phi) is 6.19. The van der Waals surface area contributed by atoms with Crippen molar-refractivity contribution >= 4 is 17.5 Å². The number of hydrogen-bond donors (Lipinski definition) is 2. The Bertz CT molecular complexity index is 488. The molecule has 1 aromatic rings. The van der Waals surface area contributed by atoms with Crippen molar-refractivity contribution in [3.63, 3.8) is 0 Å². The van der Waals surface area contributed by atoms with Crippen LogP contribution >= 0.6 is 11.7 Å². The molecule has 1 aliphatic heterocycles. The highest BCUT2D eigenvalue weighted by Crippen LogP contribution is 2.29.